The van der Waals surface area contributed by atoms with Gasteiger partial charge in [0.05, 0.1) is 18.3 Å². The van der Waals surface area contributed by atoms with E-state index in [-0.39, 0.29) is 6.10 Å². The Morgan fingerprint density at radius 3 is 2.50 bits per heavy atom. The number of likely N-dealkylation sites (tertiary alicyclic amines) is 1. The number of hydrogen-bond donors (Lipinski definition) is 1. The molecule has 0 aliphatic carbocycles. The first-order valence-corrected chi connectivity index (χ1v) is 8.02. The Balaban J connectivity index is 1.54. The molecule has 1 atom stereocenters. The van der Waals surface area contributed by atoms with Crippen molar-refractivity contribution in [1.82, 2.24) is 9.88 Å². The summed E-state index contributed by atoms with van der Waals surface area (Å²) in [5.41, 5.74) is 2.00. The monoisotopic (exact) mass is 300 g/mol. The molecular formula is C18H24N2O2. The van der Waals surface area contributed by atoms with Crippen LogP contribution in [0.15, 0.2) is 34.7 Å². The van der Waals surface area contributed by atoms with Gasteiger partial charge in [0.2, 0.25) is 5.89 Å². The molecule has 2 heterocycles. The van der Waals surface area contributed by atoms with Gasteiger partial charge in [-0.3, -0.25) is 4.90 Å². The normalized spacial score (nSPS) is 18.5. The molecule has 1 N–H and O–H groups in total. The molecule has 4 heteroatoms. The molecule has 2 aromatic rings. The summed E-state index contributed by atoms with van der Waals surface area (Å²) in [4.78, 5) is 6.81. The minimum Gasteiger partial charge on any atom is -0.444 e. The molecule has 4 nitrogen and oxygen atoms in total. The van der Waals surface area contributed by atoms with Crippen LogP contribution in [-0.2, 0) is 6.54 Å². The van der Waals surface area contributed by atoms with E-state index in [2.05, 4.69) is 9.88 Å². The van der Waals surface area contributed by atoms with Crippen LogP contribution in [0.5, 0.6) is 0 Å². The number of aromatic nitrogens is 1. The van der Waals surface area contributed by atoms with Crippen LogP contribution in [-0.4, -0.2) is 28.1 Å². The second kappa shape index (κ2) is 6.63. The van der Waals surface area contributed by atoms with Crippen LogP contribution in [0.3, 0.4) is 0 Å². The first kappa shape index (κ1) is 15.3. The summed E-state index contributed by atoms with van der Waals surface area (Å²) >= 11 is 0. The van der Waals surface area contributed by atoms with E-state index in [1.165, 1.54) is 0 Å². The summed E-state index contributed by atoms with van der Waals surface area (Å²) in [5, 5.41) is 10.5. The van der Waals surface area contributed by atoms with Crippen LogP contribution >= 0.6 is 0 Å². The van der Waals surface area contributed by atoms with Crippen molar-refractivity contribution in [3.8, 4) is 0 Å². The van der Waals surface area contributed by atoms with Gasteiger partial charge < -0.3 is 9.52 Å². The number of oxazole rings is 1. The van der Waals surface area contributed by atoms with Crippen LogP contribution in [0, 0.1) is 19.8 Å². The molecule has 118 valence electrons. The van der Waals surface area contributed by atoms with Crippen LogP contribution < -0.4 is 0 Å². The number of benzene rings is 1. The number of aliphatic hydroxyl groups is 1. The highest BCUT2D eigenvalue weighted by Crippen LogP contribution is 2.31. The summed E-state index contributed by atoms with van der Waals surface area (Å²) < 4.78 is 5.66. The molecule has 0 spiro atoms. The predicted molar refractivity (Wildman–Crippen MR) is 85.4 cm³/mol. The predicted octanol–water partition coefficient (Wildman–Crippen LogP) is 3.24. The van der Waals surface area contributed by atoms with Crippen molar-refractivity contribution in [1.29, 1.82) is 0 Å². The van der Waals surface area contributed by atoms with E-state index in [1.54, 1.807) is 0 Å². The van der Waals surface area contributed by atoms with Crippen LogP contribution in [0.2, 0.25) is 0 Å². The largest absolute Gasteiger partial charge is 0.444 e. The first-order chi connectivity index (χ1) is 10.6. The quantitative estimate of drug-likeness (QED) is 0.942. The smallest absolute Gasteiger partial charge is 0.208 e. The van der Waals surface area contributed by atoms with E-state index < -0.39 is 0 Å². The van der Waals surface area contributed by atoms with Gasteiger partial charge in [0.1, 0.15) is 5.76 Å². The van der Waals surface area contributed by atoms with Gasteiger partial charge in [-0.25, -0.2) is 4.98 Å². The van der Waals surface area contributed by atoms with Gasteiger partial charge >= 0.3 is 0 Å². The number of rotatable bonds is 4. The molecule has 1 aromatic heterocycles. The van der Waals surface area contributed by atoms with Gasteiger partial charge in [-0.1, -0.05) is 30.3 Å². The topological polar surface area (TPSA) is 49.5 Å². The third kappa shape index (κ3) is 3.39. The van der Waals surface area contributed by atoms with E-state index in [0.717, 1.165) is 55.4 Å². The fraction of sp³-hybridized carbons (Fsp3) is 0.500. The maximum atomic E-state index is 10.5. The number of hydrogen-bond acceptors (Lipinski definition) is 4. The van der Waals surface area contributed by atoms with Crippen molar-refractivity contribution in [3.63, 3.8) is 0 Å². The van der Waals surface area contributed by atoms with Crippen molar-refractivity contribution in [2.75, 3.05) is 13.1 Å². The first-order valence-electron chi connectivity index (χ1n) is 8.02. The average molecular weight is 300 g/mol. The number of aryl methyl sites for hydroxylation is 2. The fourth-order valence-electron chi connectivity index (χ4n) is 3.15. The summed E-state index contributed by atoms with van der Waals surface area (Å²) in [5.74, 6) is 2.05. The lowest BCUT2D eigenvalue weighted by Crippen LogP contribution is -2.35. The van der Waals surface area contributed by atoms with E-state index in [4.69, 9.17) is 4.42 Å². The third-order valence-electron chi connectivity index (χ3n) is 4.65. The second-order valence-corrected chi connectivity index (χ2v) is 6.22. The zero-order chi connectivity index (χ0) is 15.5. The standard InChI is InChI=1S/C18H24N2O2/c1-13-14(2)22-17(19-13)12-20-10-8-16(9-11-20)18(21)15-6-4-3-5-7-15/h3-7,16,18,21H,8-12H2,1-2H3. The Hall–Kier alpha value is -1.65. The maximum absolute atomic E-state index is 10.5. The van der Waals surface area contributed by atoms with Gasteiger partial charge in [0.15, 0.2) is 0 Å². The Bertz CT molecular complexity index is 581. The second-order valence-electron chi connectivity index (χ2n) is 6.22. The zero-order valence-corrected chi connectivity index (χ0v) is 13.3. The number of nitrogens with zero attached hydrogens (tertiary/aromatic N) is 2. The molecule has 1 fully saturated rings. The van der Waals surface area contributed by atoms with E-state index in [0.29, 0.717) is 5.92 Å². The van der Waals surface area contributed by atoms with E-state index >= 15 is 0 Å². The Kier molecular flexibility index (Phi) is 4.60. The maximum Gasteiger partial charge on any atom is 0.208 e. The minimum absolute atomic E-state index is 0.340. The molecule has 3 rings (SSSR count). The molecule has 0 amide bonds. The van der Waals surface area contributed by atoms with Gasteiger partial charge in [-0.15, -0.1) is 0 Å². The van der Waals surface area contributed by atoms with Crippen molar-refractivity contribution in [2.24, 2.45) is 5.92 Å². The van der Waals surface area contributed by atoms with Crippen molar-refractivity contribution in [2.45, 2.75) is 39.3 Å². The highest BCUT2D eigenvalue weighted by atomic mass is 16.4. The zero-order valence-electron chi connectivity index (χ0n) is 13.3. The SMILES string of the molecule is Cc1nc(CN2CCC(C(O)c3ccccc3)CC2)oc1C. The Labute approximate surface area is 131 Å². The van der Waals surface area contributed by atoms with Gasteiger partial charge in [0.25, 0.3) is 0 Å². The Morgan fingerprint density at radius 2 is 1.91 bits per heavy atom. The van der Waals surface area contributed by atoms with E-state index in [1.807, 2.05) is 44.2 Å². The Morgan fingerprint density at radius 1 is 1.23 bits per heavy atom. The molecule has 0 saturated carbocycles. The van der Waals surface area contributed by atoms with E-state index in [9.17, 15) is 5.11 Å². The van der Waals surface area contributed by atoms with Crippen LogP contribution in [0.25, 0.3) is 0 Å². The lowest BCUT2D eigenvalue weighted by atomic mass is 9.87. The summed E-state index contributed by atoms with van der Waals surface area (Å²) in [6.07, 6.45) is 1.67. The molecule has 22 heavy (non-hydrogen) atoms. The van der Waals surface area contributed by atoms with Gasteiger partial charge in [-0.2, -0.15) is 0 Å². The highest BCUT2D eigenvalue weighted by Gasteiger charge is 2.26. The van der Waals surface area contributed by atoms with Crippen molar-refractivity contribution in [3.05, 3.63) is 53.2 Å². The lowest BCUT2D eigenvalue weighted by molar-refractivity contribution is 0.0543. The summed E-state index contributed by atoms with van der Waals surface area (Å²) in [6, 6.07) is 9.98. The molecule has 1 unspecified atom stereocenters. The van der Waals surface area contributed by atoms with Gasteiger partial charge in [0, 0.05) is 0 Å². The minimum atomic E-state index is -0.352. The molecule has 1 aliphatic heterocycles. The van der Waals surface area contributed by atoms with Crippen molar-refractivity contribution >= 4 is 0 Å². The van der Waals surface area contributed by atoms with Crippen molar-refractivity contribution < 1.29 is 9.52 Å². The highest BCUT2D eigenvalue weighted by molar-refractivity contribution is 5.18. The molecule has 1 aliphatic rings. The fourth-order valence-corrected chi connectivity index (χ4v) is 3.15. The van der Waals surface area contributed by atoms with Crippen LogP contribution in [0.4, 0.5) is 0 Å². The molecule has 0 radical (unpaired) electrons. The number of piperidine rings is 1. The van der Waals surface area contributed by atoms with Gasteiger partial charge in [-0.05, 0) is 51.3 Å². The molecule has 0 bridgehead atoms. The summed E-state index contributed by atoms with van der Waals surface area (Å²) in [7, 11) is 0. The third-order valence-corrected chi connectivity index (χ3v) is 4.65. The van der Waals surface area contributed by atoms with Crippen LogP contribution in [0.1, 0.15) is 41.9 Å². The average Bonchev–Trinajstić information content (AvgIpc) is 2.86. The number of aliphatic hydroxyl groups excluding tert-OH is 1. The lowest BCUT2D eigenvalue weighted by Gasteiger charge is -2.33. The summed E-state index contributed by atoms with van der Waals surface area (Å²) in [6.45, 7) is 6.66. The molecule has 1 aromatic carbocycles. The molecular weight excluding hydrogens is 276 g/mol. The molecule has 1 saturated heterocycles.